The van der Waals surface area contributed by atoms with Gasteiger partial charge in [0, 0.05) is 25.6 Å². The fourth-order valence-electron chi connectivity index (χ4n) is 3.86. The lowest BCUT2D eigenvalue weighted by Crippen LogP contribution is -2.46. The standard InChI is InChI=1S/C19H29N3OS.HI/c1-20-18(21-12-7-13-24-2)22-16-14-19(10-5-6-11-19)23-17-9-4-3-8-15(16)17;/h3-4,8-9,16H,5-7,10-14H2,1-2H3,(H2,20,21,22);1H. The Kier molecular flexibility index (Phi) is 8.19. The molecule has 2 N–H and O–H groups in total. The number of guanidine groups is 1. The van der Waals surface area contributed by atoms with Gasteiger partial charge in [-0.15, -0.1) is 24.0 Å². The number of halogens is 1. The Balaban J connectivity index is 0.00000225. The molecule has 1 unspecified atom stereocenters. The first-order chi connectivity index (χ1) is 11.8. The zero-order valence-corrected chi connectivity index (χ0v) is 18.4. The van der Waals surface area contributed by atoms with Gasteiger partial charge in [-0.2, -0.15) is 11.8 Å². The van der Waals surface area contributed by atoms with E-state index in [-0.39, 0.29) is 35.6 Å². The molecule has 1 aliphatic heterocycles. The molecule has 1 spiro atoms. The summed E-state index contributed by atoms with van der Waals surface area (Å²) in [6.45, 7) is 0.955. The van der Waals surface area contributed by atoms with Gasteiger partial charge in [-0.05, 0) is 50.2 Å². The minimum Gasteiger partial charge on any atom is -0.487 e. The van der Waals surface area contributed by atoms with E-state index in [9.17, 15) is 0 Å². The number of rotatable bonds is 5. The maximum Gasteiger partial charge on any atom is 0.191 e. The van der Waals surface area contributed by atoms with Gasteiger partial charge in [0.25, 0.3) is 0 Å². The van der Waals surface area contributed by atoms with Gasteiger partial charge >= 0.3 is 0 Å². The van der Waals surface area contributed by atoms with Gasteiger partial charge in [0.15, 0.2) is 5.96 Å². The molecule has 1 aromatic rings. The maximum absolute atomic E-state index is 6.44. The van der Waals surface area contributed by atoms with Crippen LogP contribution >= 0.6 is 35.7 Å². The Morgan fingerprint density at radius 3 is 2.80 bits per heavy atom. The SMILES string of the molecule is CN=C(NCCCSC)NC1CC2(CCCC2)Oc2ccccc21.I. The van der Waals surface area contributed by atoms with Crippen LogP contribution in [0.25, 0.3) is 0 Å². The number of hydrogen-bond donors (Lipinski definition) is 2. The number of nitrogens with one attached hydrogen (secondary N) is 2. The highest BCUT2D eigenvalue weighted by Crippen LogP contribution is 2.46. The van der Waals surface area contributed by atoms with Crippen molar-refractivity contribution in [3.8, 4) is 5.75 Å². The zero-order valence-electron chi connectivity index (χ0n) is 15.2. The Hall–Kier alpha value is -0.630. The number of nitrogens with zero attached hydrogens (tertiary/aromatic N) is 1. The average Bonchev–Trinajstić information content (AvgIpc) is 3.05. The molecule has 140 valence electrons. The van der Waals surface area contributed by atoms with Crippen molar-refractivity contribution in [2.45, 2.75) is 50.2 Å². The smallest absolute Gasteiger partial charge is 0.191 e. The molecule has 1 fully saturated rings. The molecular formula is C19H30IN3OS. The lowest BCUT2D eigenvalue weighted by molar-refractivity contribution is 0.0396. The van der Waals surface area contributed by atoms with Gasteiger partial charge in [-0.1, -0.05) is 18.2 Å². The quantitative estimate of drug-likeness (QED) is 0.288. The Morgan fingerprint density at radius 1 is 1.32 bits per heavy atom. The van der Waals surface area contributed by atoms with Crippen molar-refractivity contribution in [3.05, 3.63) is 29.8 Å². The molecule has 0 bridgehead atoms. The Morgan fingerprint density at radius 2 is 2.08 bits per heavy atom. The second kappa shape index (κ2) is 9.90. The molecule has 0 aromatic heterocycles. The molecular weight excluding hydrogens is 445 g/mol. The van der Waals surface area contributed by atoms with Crippen LogP contribution in [0, 0.1) is 0 Å². The van der Waals surface area contributed by atoms with E-state index in [0.717, 1.165) is 31.1 Å². The number of ether oxygens (including phenoxy) is 1. The van der Waals surface area contributed by atoms with E-state index in [4.69, 9.17) is 4.74 Å². The van der Waals surface area contributed by atoms with E-state index in [2.05, 4.69) is 46.1 Å². The summed E-state index contributed by atoms with van der Waals surface area (Å²) in [4.78, 5) is 4.41. The number of aliphatic imine (C=N–C) groups is 1. The van der Waals surface area contributed by atoms with Crippen LogP contribution in [0.1, 0.15) is 50.1 Å². The fourth-order valence-corrected chi connectivity index (χ4v) is 4.29. The number of fused-ring (bicyclic) bond motifs is 1. The highest BCUT2D eigenvalue weighted by atomic mass is 127. The minimum absolute atomic E-state index is 0. The summed E-state index contributed by atoms with van der Waals surface area (Å²) < 4.78 is 6.44. The van der Waals surface area contributed by atoms with E-state index in [1.165, 1.54) is 37.0 Å². The lowest BCUT2D eigenvalue weighted by Gasteiger charge is -2.40. The van der Waals surface area contributed by atoms with Crippen LogP contribution < -0.4 is 15.4 Å². The third-order valence-corrected chi connectivity index (χ3v) is 5.76. The van der Waals surface area contributed by atoms with Gasteiger partial charge in [-0.25, -0.2) is 0 Å². The van der Waals surface area contributed by atoms with Crippen LogP contribution in [0.2, 0.25) is 0 Å². The zero-order chi connectivity index (χ0) is 16.8. The van der Waals surface area contributed by atoms with Crippen LogP contribution in [0.3, 0.4) is 0 Å². The van der Waals surface area contributed by atoms with E-state index in [1.54, 1.807) is 0 Å². The van der Waals surface area contributed by atoms with Crippen LogP contribution in [-0.4, -0.2) is 37.2 Å². The fraction of sp³-hybridized carbons (Fsp3) is 0.632. The van der Waals surface area contributed by atoms with Crippen LogP contribution in [0.4, 0.5) is 0 Å². The lowest BCUT2D eigenvalue weighted by atomic mass is 9.86. The van der Waals surface area contributed by atoms with Crippen LogP contribution in [0.15, 0.2) is 29.3 Å². The number of benzene rings is 1. The Labute approximate surface area is 173 Å². The molecule has 4 nitrogen and oxygen atoms in total. The van der Waals surface area contributed by atoms with Crippen LogP contribution in [-0.2, 0) is 0 Å². The molecule has 6 heteroatoms. The van der Waals surface area contributed by atoms with E-state index < -0.39 is 0 Å². The first-order valence-corrected chi connectivity index (χ1v) is 10.4. The largest absolute Gasteiger partial charge is 0.487 e. The van der Waals surface area contributed by atoms with E-state index >= 15 is 0 Å². The van der Waals surface area contributed by atoms with Crippen molar-refractivity contribution in [2.75, 3.05) is 25.6 Å². The topological polar surface area (TPSA) is 45.7 Å². The van der Waals surface area contributed by atoms with Gasteiger partial charge in [0.05, 0.1) is 6.04 Å². The van der Waals surface area contributed by atoms with Gasteiger partial charge < -0.3 is 15.4 Å². The second-order valence-corrected chi connectivity index (χ2v) is 7.76. The van der Waals surface area contributed by atoms with Crippen molar-refractivity contribution in [3.63, 3.8) is 0 Å². The predicted molar refractivity (Wildman–Crippen MR) is 119 cm³/mol. The van der Waals surface area contributed by atoms with Crippen molar-refractivity contribution in [1.82, 2.24) is 10.6 Å². The molecule has 1 saturated carbocycles. The highest BCUT2D eigenvalue weighted by Gasteiger charge is 2.43. The summed E-state index contributed by atoms with van der Waals surface area (Å²) in [5.41, 5.74) is 1.27. The number of thioether (sulfide) groups is 1. The van der Waals surface area contributed by atoms with E-state index in [1.807, 2.05) is 18.8 Å². The van der Waals surface area contributed by atoms with Gasteiger partial charge in [0.1, 0.15) is 11.4 Å². The maximum atomic E-state index is 6.44. The van der Waals surface area contributed by atoms with E-state index in [0.29, 0.717) is 0 Å². The minimum atomic E-state index is 0. The monoisotopic (exact) mass is 475 g/mol. The molecule has 25 heavy (non-hydrogen) atoms. The normalized spacial score (nSPS) is 21.2. The van der Waals surface area contributed by atoms with Gasteiger partial charge in [0.2, 0.25) is 0 Å². The summed E-state index contributed by atoms with van der Waals surface area (Å²) in [5, 5.41) is 7.09. The summed E-state index contributed by atoms with van der Waals surface area (Å²) in [5.74, 6) is 3.11. The van der Waals surface area contributed by atoms with Crippen LogP contribution in [0.5, 0.6) is 5.75 Å². The second-order valence-electron chi connectivity index (χ2n) is 6.78. The molecule has 0 saturated heterocycles. The summed E-state index contributed by atoms with van der Waals surface area (Å²) in [7, 11) is 1.85. The molecule has 0 amide bonds. The molecule has 3 rings (SSSR count). The third-order valence-electron chi connectivity index (χ3n) is 5.06. The van der Waals surface area contributed by atoms with Crippen molar-refractivity contribution < 1.29 is 4.74 Å². The molecule has 0 radical (unpaired) electrons. The number of para-hydroxylation sites is 1. The highest BCUT2D eigenvalue weighted by molar-refractivity contribution is 14.0. The summed E-state index contributed by atoms with van der Waals surface area (Å²) in [6.07, 6.45) is 9.20. The number of hydrogen-bond acceptors (Lipinski definition) is 3. The predicted octanol–water partition coefficient (Wildman–Crippen LogP) is 4.36. The summed E-state index contributed by atoms with van der Waals surface area (Å²) in [6, 6.07) is 8.71. The Bertz CT molecular complexity index is 576. The van der Waals surface area contributed by atoms with Gasteiger partial charge in [-0.3, -0.25) is 4.99 Å². The first kappa shape index (κ1) is 20.7. The molecule has 2 aliphatic rings. The first-order valence-electron chi connectivity index (χ1n) is 9.00. The third kappa shape index (κ3) is 5.18. The summed E-state index contributed by atoms with van der Waals surface area (Å²) >= 11 is 1.88. The van der Waals surface area contributed by atoms with Crippen molar-refractivity contribution in [2.24, 2.45) is 4.99 Å². The molecule has 1 atom stereocenters. The molecule has 1 aromatic carbocycles. The molecule has 1 heterocycles. The molecule has 1 aliphatic carbocycles. The average molecular weight is 475 g/mol. The van der Waals surface area contributed by atoms with Crippen molar-refractivity contribution >= 4 is 41.7 Å². The van der Waals surface area contributed by atoms with Crippen molar-refractivity contribution in [1.29, 1.82) is 0 Å².